The SMILES string of the molecule is CC(=O)c1cccc(NC(=O)[C@H](C)N(C)Cc2ccccc2)c1. The van der Waals surface area contributed by atoms with Crippen LogP contribution in [0.4, 0.5) is 5.69 Å². The normalized spacial score (nSPS) is 12.0. The molecule has 0 unspecified atom stereocenters. The van der Waals surface area contributed by atoms with Gasteiger partial charge in [0, 0.05) is 17.8 Å². The Kier molecular flexibility index (Phi) is 5.66. The fourth-order valence-electron chi connectivity index (χ4n) is 2.27. The Hall–Kier alpha value is -2.46. The molecule has 1 amide bonds. The van der Waals surface area contributed by atoms with Gasteiger partial charge >= 0.3 is 0 Å². The number of benzene rings is 2. The van der Waals surface area contributed by atoms with Gasteiger partial charge in [0.15, 0.2) is 5.78 Å². The Morgan fingerprint density at radius 3 is 2.43 bits per heavy atom. The summed E-state index contributed by atoms with van der Waals surface area (Å²) in [4.78, 5) is 25.8. The first-order valence-corrected chi connectivity index (χ1v) is 7.63. The van der Waals surface area contributed by atoms with E-state index < -0.39 is 0 Å². The van der Waals surface area contributed by atoms with E-state index in [1.54, 1.807) is 24.3 Å². The number of nitrogens with one attached hydrogen (secondary N) is 1. The first-order valence-electron chi connectivity index (χ1n) is 7.63. The van der Waals surface area contributed by atoms with E-state index in [0.717, 1.165) is 5.56 Å². The fraction of sp³-hybridized carbons (Fsp3) is 0.263. The van der Waals surface area contributed by atoms with Gasteiger partial charge in [0.2, 0.25) is 5.91 Å². The van der Waals surface area contributed by atoms with E-state index in [-0.39, 0.29) is 17.7 Å². The van der Waals surface area contributed by atoms with Gasteiger partial charge in [-0.05, 0) is 38.6 Å². The Labute approximate surface area is 137 Å². The van der Waals surface area contributed by atoms with Crippen LogP contribution in [0, 0.1) is 0 Å². The van der Waals surface area contributed by atoms with Gasteiger partial charge in [0.25, 0.3) is 0 Å². The predicted molar refractivity (Wildman–Crippen MR) is 92.4 cm³/mol. The highest BCUT2D eigenvalue weighted by Gasteiger charge is 2.18. The number of hydrogen-bond acceptors (Lipinski definition) is 3. The van der Waals surface area contributed by atoms with Crippen LogP contribution >= 0.6 is 0 Å². The van der Waals surface area contributed by atoms with Crippen LogP contribution in [0.3, 0.4) is 0 Å². The van der Waals surface area contributed by atoms with Gasteiger partial charge in [0.05, 0.1) is 6.04 Å². The number of nitrogens with zero attached hydrogens (tertiary/aromatic N) is 1. The van der Waals surface area contributed by atoms with Gasteiger partial charge < -0.3 is 5.32 Å². The summed E-state index contributed by atoms with van der Waals surface area (Å²) in [7, 11) is 1.92. The third-order valence-corrected chi connectivity index (χ3v) is 3.85. The topological polar surface area (TPSA) is 49.4 Å². The van der Waals surface area contributed by atoms with Gasteiger partial charge in [-0.3, -0.25) is 14.5 Å². The average molecular weight is 310 g/mol. The maximum atomic E-state index is 12.4. The van der Waals surface area contributed by atoms with Crippen molar-refractivity contribution < 1.29 is 9.59 Å². The Morgan fingerprint density at radius 2 is 1.78 bits per heavy atom. The molecule has 4 heteroatoms. The fourth-order valence-corrected chi connectivity index (χ4v) is 2.27. The van der Waals surface area contributed by atoms with E-state index in [1.165, 1.54) is 6.92 Å². The minimum atomic E-state index is -0.281. The highest BCUT2D eigenvalue weighted by molar-refractivity contribution is 5.98. The Morgan fingerprint density at radius 1 is 1.09 bits per heavy atom. The number of likely N-dealkylation sites (N-methyl/N-ethyl adjacent to an activating group) is 1. The monoisotopic (exact) mass is 310 g/mol. The summed E-state index contributed by atoms with van der Waals surface area (Å²) >= 11 is 0. The molecule has 0 radical (unpaired) electrons. The van der Waals surface area contributed by atoms with Crippen molar-refractivity contribution in [1.82, 2.24) is 4.90 Å². The first kappa shape index (κ1) is 16.9. The summed E-state index contributed by atoms with van der Waals surface area (Å²) < 4.78 is 0. The zero-order valence-electron chi connectivity index (χ0n) is 13.7. The van der Waals surface area contributed by atoms with Crippen molar-refractivity contribution in [3.63, 3.8) is 0 Å². The summed E-state index contributed by atoms with van der Waals surface area (Å²) in [6.07, 6.45) is 0. The van der Waals surface area contributed by atoms with E-state index in [4.69, 9.17) is 0 Å². The van der Waals surface area contributed by atoms with E-state index in [2.05, 4.69) is 5.32 Å². The van der Waals surface area contributed by atoms with Crippen LogP contribution in [0.5, 0.6) is 0 Å². The number of carbonyl (C=O) groups is 2. The number of ketones is 1. The Balaban J connectivity index is 1.99. The van der Waals surface area contributed by atoms with E-state index in [0.29, 0.717) is 17.8 Å². The standard InChI is InChI=1S/C19H22N2O2/c1-14(21(3)13-16-8-5-4-6-9-16)19(23)20-18-11-7-10-17(12-18)15(2)22/h4-12,14H,13H2,1-3H3,(H,20,23)/t14-/m0/s1. The lowest BCUT2D eigenvalue weighted by Gasteiger charge is -2.24. The van der Waals surface area contributed by atoms with Crippen molar-refractivity contribution in [3.05, 3.63) is 65.7 Å². The largest absolute Gasteiger partial charge is 0.325 e. The van der Waals surface area contributed by atoms with Crippen molar-refractivity contribution in [3.8, 4) is 0 Å². The number of carbonyl (C=O) groups excluding carboxylic acids is 2. The second-order valence-corrected chi connectivity index (χ2v) is 5.70. The summed E-state index contributed by atoms with van der Waals surface area (Å²) in [6, 6.07) is 16.7. The van der Waals surface area contributed by atoms with Crippen molar-refractivity contribution in [2.75, 3.05) is 12.4 Å². The van der Waals surface area contributed by atoms with Crippen LogP contribution in [-0.4, -0.2) is 29.7 Å². The third kappa shape index (κ3) is 4.76. The zero-order chi connectivity index (χ0) is 16.8. The third-order valence-electron chi connectivity index (χ3n) is 3.85. The number of rotatable bonds is 6. The molecular weight excluding hydrogens is 288 g/mol. The van der Waals surface area contributed by atoms with Gasteiger partial charge in [-0.15, -0.1) is 0 Å². The van der Waals surface area contributed by atoms with Crippen LogP contribution in [0.1, 0.15) is 29.8 Å². The highest BCUT2D eigenvalue weighted by atomic mass is 16.2. The van der Waals surface area contributed by atoms with Crippen LogP contribution in [0.25, 0.3) is 0 Å². The number of anilines is 1. The van der Waals surface area contributed by atoms with Crippen LogP contribution < -0.4 is 5.32 Å². The lowest BCUT2D eigenvalue weighted by atomic mass is 10.1. The molecule has 0 heterocycles. The summed E-state index contributed by atoms with van der Waals surface area (Å²) in [5, 5.41) is 2.87. The smallest absolute Gasteiger partial charge is 0.241 e. The molecule has 1 N–H and O–H groups in total. The van der Waals surface area contributed by atoms with Crippen molar-refractivity contribution in [1.29, 1.82) is 0 Å². The lowest BCUT2D eigenvalue weighted by molar-refractivity contribution is -0.120. The lowest BCUT2D eigenvalue weighted by Crippen LogP contribution is -2.39. The van der Waals surface area contributed by atoms with E-state index >= 15 is 0 Å². The maximum Gasteiger partial charge on any atom is 0.241 e. The van der Waals surface area contributed by atoms with E-state index in [9.17, 15) is 9.59 Å². The molecule has 4 nitrogen and oxygen atoms in total. The number of amides is 1. The molecule has 1 atom stereocenters. The molecule has 0 aliphatic rings. The van der Waals surface area contributed by atoms with Gasteiger partial charge in [0.1, 0.15) is 0 Å². The zero-order valence-corrected chi connectivity index (χ0v) is 13.7. The molecule has 0 spiro atoms. The average Bonchev–Trinajstić information content (AvgIpc) is 2.55. The molecule has 0 aromatic heterocycles. The molecule has 0 saturated carbocycles. The van der Waals surface area contributed by atoms with Crippen LogP contribution in [0.15, 0.2) is 54.6 Å². The highest BCUT2D eigenvalue weighted by Crippen LogP contribution is 2.13. The molecule has 0 saturated heterocycles. The van der Waals surface area contributed by atoms with Crippen molar-refractivity contribution in [2.45, 2.75) is 26.4 Å². The summed E-state index contributed by atoms with van der Waals surface area (Å²) in [5.74, 6) is -0.112. The Bertz CT molecular complexity index is 683. The molecule has 0 bridgehead atoms. The van der Waals surface area contributed by atoms with Gasteiger partial charge in [-0.2, -0.15) is 0 Å². The molecule has 0 aliphatic carbocycles. The maximum absolute atomic E-state index is 12.4. The van der Waals surface area contributed by atoms with Crippen molar-refractivity contribution in [2.24, 2.45) is 0 Å². The minimum Gasteiger partial charge on any atom is -0.325 e. The predicted octanol–water partition coefficient (Wildman–Crippen LogP) is 3.35. The quantitative estimate of drug-likeness (QED) is 0.832. The molecule has 0 fully saturated rings. The summed E-state index contributed by atoms with van der Waals surface area (Å²) in [5.41, 5.74) is 2.39. The number of Topliss-reactive ketones (excluding diaryl/α,β-unsaturated/α-hetero) is 1. The minimum absolute atomic E-state index is 0.0182. The summed E-state index contributed by atoms with van der Waals surface area (Å²) in [6.45, 7) is 4.08. The van der Waals surface area contributed by atoms with Gasteiger partial charge in [-0.1, -0.05) is 42.5 Å². The van der Waals surface area contributed by atoms with Crippen LogP contribution in [-0.2, 0) is 11.3 Å². The molecule has 120 valence electrons. The van der Waals surface area contributed by atoms with E-state index in [1.807, 2.05) is 49.2 Å². The van der Waals surface area contributed by atoms with Crippen molar-refractivity contribution >= 4 is 17.4 Å². The molecule has 23 heavy (non-hydrogen) atoms. The molecular formula is C19H22N2O2. The molecule has 2 aromatic carbocycles. The molecule has 0 aliphatic heterocycles. The van der Waals surface area contributed by atoms with Crippen LogP contribution in [0.2, 0.25) is 0 Å². The second kappa shape index (κ2) is 7.70. The molecule has 2 aromatic rings. The second-order valence-electron chi connectivity index (χ2n) is 5.70. The first-order chi connectivity index (χ1) is 11.0. The molecule has 2 rings (SSSR count). The number of hydrogen-bond donors (Lipinski definition) is 1. The van der Waals surface area contributed by atoms with Gasteiger partial charge in [-0.25, -0.2) is 0 Å².